The maximum atomic E-state index is 12.2. The summed E-state index contributed by atoms with van der Waals surface area (Å²) in [4.78, 5) is 24.9. The number of piperidine rings is 2. The molecule has 9 heteroatoms. The van der Waals surface area contributed by atoms with Crippen LogP contribution in [0.4, 0.5) is 22.1 Å². The number of carboxylic acid groups (broad SMARTS) is 1. The van der Waals surface area contributed by atoms with Crippen LogP contribution in [0.25, 0.3) is 0 Å². The van der Waals surface area contributed by atoms with Crippen LogP contribution >= 0.6 is 0 Å². The molecule has 0 spiro atoms. The minimum absolute atomic E-state index is 0.00345. The molecular weight excluding hydrogens is 466 g/mol. The van der Waals surface area contributed by atoms with Crippen molar-refractivity contribution in [3.8, 4) is 6.07 Å². The second-order valence-corrected chi connectivity index (χ2v) is 10.6. The largest absolute Gasteiger partial charge is 0.465 e. The van der Waals surface area contributed by atoms with Crippen molar-refractivity contribution < 1.29 is 9.90 Å². The number of hydrogen-bond acceptors (Lipinski definition) is 7. The lowest BCUT2D eigenvalue weighted by molar-refractivity contribution is 0.154. The Kier molecular flexibility index (Phi) is 7.87. The van der Waals surface area contributed by atoms with Gasteiger partial charge in [-0.2, -0.15) is 5.26 Å². The Bertz CT molecular complexity index is 1120. The van der Waals surface area contributed by atoms with Gasteiger partial charge in [-0.3, -0.25) is 4.90 Å². The third kappa shape index (κ3) is 5.71. The van der Waals surface area contributed by atoms with Crippen molar-refractivity contribution in [2.45, 2.75) is 82.3 Å². The fourth-order valence-electron chi connectivity index (χ4n) is 6.30. The van der Waals surface area contributed by atoms with Crippen molar-refractivity contribution in [2.24, 2.45) is 0 Å². The zero-order valence-electron chi connectivity index (χ0n) is 21.6. The van der Waals surface area contributed by atoms with Crippen LogP contribution in [0.5, 0.6) is 0 Å². The minimum Gasteiger partial charge on any atom is -0.465 e. The number of nitrogens with zero attached hydrogens (tertiary/aromatic N) is 5. The number of aromatic nitrogens is 2. The average molecular weight is 504 g/mol. The summed E-state index contributed by atoms with van der Waals surface area (Å²) < 4.78 is 0. The Balaban J connectivity index is 1.28. The highest BCUT2D eigenvalue weighted by molar-refractivity contribution is 5.86. The molecule has 1 saturated carbocycles. The van der Waals surface area contributed by atoms with Gasteiger partial charge in [0.05, 0.1) is 12.2 Å². The summed E-state index contributed by atoms with van der Waals surface area (Å²) in [5.74, 6) is 1.06. The topological polar surface area (TPSA) is 117 Å². The van der Waals surface area contributed by atoms with Gasteiger partial charge >= 0.3 is 6.09 Å². The lowest BCUT2D eigenvalue weighted by atomic mass is 9.88. The summed E-state index contributed by atoms with van der Waals surface area (Å²) in [6.07, 6.45) is 9.79. The molecule has 2 aliphatic heterocycles. The number of anilines is 3. The van der Waals surface area contributed by atoms with Gasteiger partial charge in [-0.05, 0) is 88.7 Å². The highest BCUT2D eigenvalue weighted by Gasteiger charge is 2.33. The fourth-order valence-corrected chi connectivity index (χ4v) is 6.30. The Morgan fingerprint density at radius 3 is 2.51 bits per heavy atom. The van der Waals surface area contributed by atoms with Crippen molar-refractivity contribution >= 4 is 23.4 Å². The van der Waals surface area contributed by atoms with Gasteiger partial charge in [0.1, 0.15) is 6.07 Å². The van der Waals surface area contributed by atoms with Crippen molar-refractivity contribution in [2.75, 3.05) is 29.9 Å². The average Bonchev–Trinajstić information content (AvgIpc) is 3.46. The van der Waals surface area contributed by atoms with Crippen LogP contribution in [0.1, 0.15) is 75.5 Å². The molecule has 2 atom stereocenters. The second kappa shape index (κ2) is 11.4. The summed E-state index contributed by atoms with van der Waals surface area (Å²) in [6, 6.07) is 10.9. The molecule has 0 radical (unpaired) electrons. The van der Waals surface area contributed by atoms with Gasteiger partial charge in [0.2, 0.25) is 0 Å². The van der Waals surface area contributed by atoms with E-state index in [1.807, 2.05) is 19.1 Å². The molecule has 1 amide bonds. The van der Waals surface area contributed by atoms with Gasteiger partial charge in [-0.15, -0.1) is 0 Å². The number of carbonyl (C=O) groups is 1. The molecule has 5 rings (SSSR count). The Labute approximate surface area is 218 Å². The minimum atomic E-state index is -1.08. The third-order valence-corrected chi connectivity index (χ3v) is 8.39. The molecule has 1 aliphatic carbocycles. The van der Waals surface area contributed by atoms with Crippen LogP contribution in [0.3, 0.4) is 0 Å². The predicted octanol–water partition coefficient (Wildman–Crippen LogP) is 4.84. The van der Waals surface area contributed by atoms with E-state index in [0.29, 0.717) is 5.92 Å². The molecule has 2 aromatic rings. The van der Waals surface area contributed by atoms with E-state index in [9.17, 15) is 15.2 Å². The highest BCUT2D eigenvalue weighted by Crippen LogP contribution is 2.33. The maximum absolute atomic E-state index is 12.2. The van der Waals surface area contributed by atoms with E-state index in [1.165, 1.54) is 68.3 Å². The van der Waals surface area contributed by atoms with E-state index in [1.54, 1.807) is 0 Å². The highest BCUT2D eigenvalue weighted by atomic mass is 16.4. The first-order valence-corrected chi connectivity index (χ1v) is 13.7. The van der Waals surface area contributed by atoms with Gasteiger partial charge in [0.15, 0.2) is 17.3 Å². The van der Waals surface area contributed by atoms with Crippen molar-refractivity contribution in [3.05, 3.63) is 41.7 Å². The Hall–Kier alpha value is -3.22. The monoisotopic (exact) mass is 503 g/mol. The summed E-state index contributed by atoms with van der Waals surface area (Å²) >= 11 is 0. The lowest BCUT2D eigenvalue weighted by Crippen LogP contribution is -2.54. The first kappa shape index (κ1) is 25.4. The number of nitrogens with one attached hydrogen (secondary N) is 2. The van der Waals surface area contributed by atoms with Crippen LogP contribution in [0, 0.1) is 11.3 Å². The van der Waals surface area contributed by atoms with Crippen molar-refractivity contribution in [3.63, 3.8) is 0 Å². The third-order valence-electron chi connectivity index (χ3n) is 8.39. The lowest BCUT2D eigenvalue weighted by Gasteiger charge is -2.36. The molecule has 1 aromatic heterocycles. The van der Waals surface area contributed by atoms with Gasteiger partial charge in [0, 0.05) is 17.8 Å². The van der Waals surface area contributed by atoms with E-state index in [0.717, 1.165) is 31.1 Å². The molecule has 2 saturated heterocycles. The fraction of sp³-hybridized carbons (Fsp3) is 0.571. The SMILES string of the molecule is CC1NCCCC1N(C(=O)O)c1cnc(C#N)c(Nc2ccc(C3CCN(C4CCCC4)CC3)cc2)n1. The standard InChI is InChI=1S/C28H37N7O2/c1-19-25(7-4-14-30-19)35(28(36)37)26-18-31-24(17-29)27(33-26)32-22-10-8-20(9-11-22)21-12-15-34(16-13-21)23-5-2-3-6-23/h8-11,18-19,21,23,25,30H,2-7,12-16H2,1H3,(H,32,33)(H,36,37). The van der Waals surface area contributed by atoms with Crippen LogP contribution in [-0.2, 0) is 0 Å². The molecule has 3 fully saturated rings. The van der Waals surface area contributed by atoms with Gasteiger partial charge < -0.3 is 20.6 Å². The quantitative estimate of drug-likeness (QED) is 0.513. The van der Waals surface area contributed by atoms with Crippen molar-refractivity contribution in [1.29, 1.82) is 5.26 Å². The van der Waals surface area contributed by atoms with E-state index < -0.39 is 6.09 Å². The summed E-state index contributed by atoms with van der Waals surface area (Å²) in [5, 5.41) is 26.1. The van der Waals surface area contributed by atoms with Crippen LogP contribution in [0.15, 0.2) is 30.5 Å². The van der Waals surface area contributed by atoms with E-state index in [2.05, 4.69) is 43.7 Å². The number of nitriles is 1. The van der Waals surface area contributed by atoms with Crippen LogP contribution < -0.4 is 15.5 Å². The zero-order chi connectivity index (χ0) is 25.8. The summed E-state index contributed by atoms with van der Waals surface area (Å²) in [6.45, 7) is 5.21. The molecular formula is C28H37N7O2. The summed E-state index contributed by atoms with van der Waals surface area (Å²) in [5.41, 5.74) is 2.27. The van der Waals surface area contributed by atoms with E-state index in [-0.39, 0.29) is 29.4 Å². The molecule has 3 heterocycles. The second-order valence-electron chi connectivity index (χ2n) is 10.6. The molecule has 0 bridgehead atoms. The number of benzene rings is 1. The van der Waals surface area contributed by atoms with Gasteiger partial charge in [0.25, 0.3) is 0 Å². The Morgan fingerprint density at radius 1 is 1.14 bits per heavy atom. The maximum Gasteiger partial charge on any atom is 0.413 e. The first-order valence-electron chi connectivity index (χ1n) is 13.7. The van der Waals surface area contributed by atoms with Gasteiger partial charge in [-0.25, -0.2) is 14.8 Å². The van der Waals surface area contributed by atoms with Crippen LogP contribution in [0.2, 0.25) is 0 Å². The smallest absolute Gasteiger partial charge is 0.413 e. The van der Waals surface area contributed by atoms with E-state index >= 15 is 0 Å². The molecule has 37 heavy (non-hydrogen) atoms. The van der Waals surface area contributed by atoms with Gasteiger partial charge in [-0.1, -0.05) is 25.0 Å². The molecule has 9 nitrogen and oxygen atoms in total. The normalized spacial score (nSPS) is 23.5. The molecule has 1 aromatic carbocycles. The molecule has 3 aliphatic rings. The number of hydrogen-bond donors (Lipinski definition) is 3. The predicted molar refractivity (Wildman–Crippen MR) is 143 cm³/mol. The molecule has 196 valence electrons. The Morgan fingerprint density at radius 2 is 1.86 bits per heavy atom. The number of rotatable bonds is 6. The summed E-state index contributed by atoms with van der Waals surface area (Å²) in [7, 11) is 0. The van der Waals surface area contributed by atoms with E-state index in [4.69, 9.17) is 0 Å². The first-order chi connectivity index (χ1) is 18.0. The molecule has 3 N–H and O–H groups in total. The number of amides is 1. The van der Waals surface area contributed by atoms with Crippen LogP contribution in [-0.4, -0.2) is 63.8 Å². The number of likely N-dealkylation sites (tertiary alicyclic amines) is 1. The zero-order valence-corrected chi connectivity index (χ0v) is 21.6. The molecule has 2 unspecified atom stereocenters. The van der Waals surface area contributed by atoms with Crippen molar-refractivity contribution in [1.82, 2.24) is 20.2 Å².